The van der Waals surface area contributed by atoms with Gasteiger partial charge >= 0.3 is 0 Å². The fourth-order valence-corrected chi connectivity index (χ4v) is 3.83. The van der Waals surface area contributed by atoms with Gasteiger partial charge in [0.2, 0.25) is 5.91 Å². The monoisotopic (exact) mass is 474 g/mol. The van der Waals surface area contributed by atoms with Gasteiger partial charge in [0.25, 0.3) is 5.92 Å². The third kappa shape index (κ3) is 5.17. The molecular weight excluding hydrogens is 452 g/mol. The molecule has 2 atom stereocenters. The molecule has 6 nitrogen and oxygen atoms in total. The highest BCUT2D eigenvalue weighted by atomic mass is 19.3. The van der Waals surface area contributed by atoms with Crippen molar-refractivity contribution < 1.29 is 27.1 Å². The molecule has 1 aromatic carbocycles. The Labute approximate surface area is 193 Å². The van der Waals surface area contributed by atoms with Crippen molar-refractivity contribution in [2.24, 2.45) is 0 Å². The first-order valence-corrected chi connectivity index (χ1v) is 10.6. The van der Waals surface area contributed by atoms with Gasteiger partial charge in [-0.2, -0.15) is 0 Å². The van der Waals surface area contributed by atoms with E-state index in [-0.39, 0.29) is 31.1 Å². The van der Waals surface area contributed by atoms with E-state index in [1.54, 1.807) is 24.0 Å². The molecule has 1 fully saturated rings. The Balaban J connectivity index is 1.39. The molecule has 3 aromatic rings. The number of rotatable bonds is 6. The van der Waals surface area contributed by atoms with Crippen molar-refractivity contribution >= 4 is 11.7 Å². The van der Waals surface area contributed by atoms with E-state index < -0.39 is 41.2 Å². The smallest absolute Gasteiger partial charge is 0.257 e. The van der Waals surface area contributed by atoms with E-state index in [1.807, 2.05) is 0 Å². The summed E-state index contributed by atoms with van der Waals surface area (Å²) >= 11 is 0. The third-order valence-corrected chi connectivity index (χ3v) is 5.82. The topological polar surface area (TPSA) is 67.3 Å². The van der Waals surface area contributed by atoms with E-state index in [9.17, 15) is 22.4 Å². The first-order chi connectivity index (χ1) is 16.2. The number of nitrogens with zero attached hydrogens (tertiary/aromatic N) is 3. The maximum absolute atomic E-state index is 14.6. The molecule has 1 amide bonds. The molecule has 0 saturated carbocycles. The van der Waals surface area contributed by atoms with Crippen molar-refractivity contribution in [3.05, 3.63) is 78.3 Å². The predicted molar refractivity (Wildman–Crippen MR) is 117 cm³/mol. The van der Waals surface area contributed by atoms with E-state index in [2.05, 4.69) is 15.3 Å². The number of pyridine rings is 2. The number of carbonyl (C=O) groups is 1. The van der Waals surface area contributed by atoms with Crippen molar-refractivity contribution in [1.29, 1.82) is 0 Å². The summed E-state index contributed by atoms with van der Waals surface area (Å²) in [5, 5.41) is 2.64. The Kier molecular flexibility index (Phi) is 6.78. The number of hydrogen-bond donors (Lipinski definition) is 1. The molecule has 1 saturated heterocycles. The number of ether oxygens (including phenoxy) is 1. The van der Waals surface area contributed by atoms with Crippen LogP contribution in [0.3, 0.4) is 0 Å². The maximum Gasteiger partial charge on any atom is 0.257 e. The molecule has 0 aliphatic carbocycles. The number of benzene rings is 1. The second-order valence-corrected chi connectivity index (χ2v) is 8.04. The van der Waals surface area contributed by atoms with Crippen LogP contribution in [0.4, 0.5) is 23.4 Å². The molecule has 0 spiro atoms. The Bertz CT molecular complexity index is 1130. The van der Waals surface area contributed by atoms with Crippen molar-refractivity contribution in [2.75, 3.05) is 18.4 Å². The molecule has 10 heteroatoms. The summed E-state index contributed by atoms with van der Waals surface area (Å²) in [7, 11) is 0. The fourth-order valence-electron chi connectivity index (χ4n) is 3.83. The van der Waals surface area contributed by atoms with Crippen LogP contribution in [0.25, 0.3) is 0 Å². The summed E-state index contributed by atoms with van der Waals surface area (Å²) in [6.07, 6.45) is 3.79. The number of nitrogens with one attached hydrogen (secondary N) is 1. The van der Waals surface area contributed by atoms with Crippen molar-refractivity contribution in [2.45, 2.75) is 31.2 Å². The SMILES string of the molecule is CC(C(=O)Nc1ccc(Oc2c(F)cccc2F)cn1)N1CCC(F)(F)[C@@H](c2ccncc2)C1. The standard InChI is InChI=1S/C24H22F4N4O2/c1-15(32-12-9-24(27,28)18(14-32)16-7-10-29-11-8-16)23(33)31-21-6-5-17(13-30-21)34-22-19(25)3-2-4-20(22)26/h2-8,10-11,13,15,18H,9,12,14H2,1H3,(H,30,31,33)/t15?,18-/m1/s1. The van der Waals surface area contributed by atoms with Gasteiger partial charge in [-0.15, -0.1) is 0 Å². The summed E-state index contributed by atoms with van der Waals surface area (Å²) < 4.78 is 61.8. The minimum Gasteiger partial charge on any atom is -0.450 e. The minimum absolute atomic E-state index is 0.0139. The number of halogens is 4. The van der Waals surface area contributed by atoms with E-state index in [4.69, 9.17) is 4.74 Å². The molecule has 3 heterocycles. The van der Waals surface area contributed by atoms with Gasteiger partial charge in [-0.05, 0) is 48.9 Å². The fraction of sp³-hybridized carbons (Fsp3) is 0.292. The van der Waals surface area contributed by atoms with Crippen LogP contribution in [0.5, 0.6) is 11.5 Å². The average molecular weight is 474 g/mol. The van der Waals surface area contributed by atoms with E-state index in [0.29, 0.717) is 5.56 Å². The highest BCUT2D eigenvalue weighted by molar-refractivity contribution is 5.93. The molecule has 2 aromatic heterocycles. The van der Waals surface area contributed by atoms with Gasteiger partial charge in [0.15, 0.2) is 17.4 Å². The van der Waals surface area contributed by atoms with Crippen LogP contribution in [-0.4, -0.2) is 45.8 Å². The van der Waals surface area contributed by atoms with Crippen LogP contribution >= 0.6 is 0 Å². The van der Waals surface area contributed by atoms with E-state index in [0.717, 1.165) is 12.1 Å². The number of aromatic nitrogens is 2. The Hall–Kier alpha value is -3.53. The number of anilines is 1. The number of likely N-dealkylation sites (tertiary alicyclic amines) is 1. The van der Waals surface area contributed by atoms with Crippen LogP contribution in [-0.2, 0) is 4.79 Å². The lowest BCUT2D eigenvalue weighted by Gasteiger charge is -2.40. The predicted octanol–water partition coefficient (Wildman–Crippen LogP) is 5.00. The second-order valence-electron chi connectivity index (χ2n) is 8.04. The summed E-state index contributed by atoms with van der Waals surface area (Å²) in [6, 6.07) is 8.61. The number of carbonyl (C=O) groups excluding carboxylic acids is 1. The van der Waals surface area contributed by atoms with Gasteiger partial charge in [-0.25, -0.2) is 22.5 Å². The van der Waals surface area contributed by atoms with Gasteiger partial charge in [-0.3, -0.25) is 14.7 Å². The molecule has 1 aliphatic rings. The van der Waals surface area contributed by atoms with Crippen LogP contribution in [0.2, 0.25) is 0 Å². The number of para-hydroxylation sites is 1. The van der Waals surface area contributed by atoms with Gasteiger partial charge in [-0.1, -0.05) is 6.07 Å². The zero-order valence-corrected chi connectivity index (χ0v) is 18.2. The third-order valence-electron chi connectivity index (χ3n) is 5.82. The summed E-state index contributed by atoms with van der Waals surface area (Å²) in [5.74, 6) is -6.36. The van der Waals surface area contributed by atoms with Gasteiger partial charge in [0, 0.05) is 31.9 Å². The van der Waals surface area contributed by atoms with Gasteiger partial charge in [0.1, 0.15) is 11.6 Å². The normalized spacial score (nSPS) is 18.8. The lowest BCUT2D eigenvalue weighted by atomic mass is 9.87. The van der Waals surface area contributed by atoms with Crippen LogP contribution in [0, 0.1) is 11.6 Å². The number of alkyl halides is 2. The van der Waals surface area contributed by atoms with Crippen LogP contribution in [0.15, 0.2) is 61.1 Å². The summed E-state index contributed by atoms with van der Waals surface area (Å²) in [6.45, 7) is 1.72. The van der Waals surface area contributed by atoms with Crippen LogP contribution in [0.1, 0.15) is 24.8 Å². The van der Waals surface area contributed by atoms with Crippen molar-refractivity contribution in [3.63, 3.8) is 0 Å². The molecule has 0 radical (unpaired) electrons. The van der Waals surface area contributed by atoms with E-state index in [1.165, 1.54) is 36.8 Å². The zero-order valence-electron chi connectivity index (χ0n) is 18.2. The molecule has 4 rings (SSSR count). The molecule has 1 aliphatic heterocycles. The number of piperidine rings is 1. The molecule has 34 heavy (non-hydrogen) atoms. The molecule has 1 N–H and O–H groups in total. The highest BCUT2D eigenvalue weighted by Crippen LogP contribution is 2.40. The second kappa shape index (κ2) is 9.76. The molecule has 0 bridgehead atoms. The lowest BCUT2D eigenvalue weighted by molar-refractivity contribution is -0.125. The number of hydrogen-bond acceptors (Lipinski definition) is 5. The van der Waals surface area contributed by atoms with Crippen molar-refractivity contribution in [1.82, 2.24) is 14.9 Å². The largest absolute Gasteiger partial charge is 0.450 e. The van der Waals surface area contributed by atoms with Crippen LogP contribution < -0.4 is 10.1 Å². The quantitative estimate of drug-likeness (QED) is 0.510. The molecule has 178 valence electrons. The van der Waals surface area contributed by atoms with E-state index >= 15 is 0 Å². The number of amides is 1. The Morgan fingerprint density at radius 1 is 1.15 bits per heavy atom. The Morgan fingerprint density at radius 2 is 1.85 bits per heavy atom. The average Bonchev–Trinajstić information content (AvgIpc) is 2.82. The first kappa shape index (κ1) is 23.6. The zero-order chi connectivity index (χ0) is 24.3. The summed E-state index contributed by atoms with van der Waals surface area (Å²) in [5.41, 5.74) is 0.473. The lowest BCUT2D eigenvalue weighted by Crippen LogP contribution is -2.52. The summed E-state index contributed by atoms with van der Waals surface area (Å²) in [4.78, 5) is 22.4. The highest BCUT2D eigenvalue weighted by Gasteiger charge is 2.46. The van der Waals surface area contributed by atoms with Gasteiger partial charge < -0.3 is 10.1 Å². The minimum atomic E-state index is -2.89. The van der Waals surface area contributed by atoms with Gasteiger partial charge in [0.05, 0.1) is 18.2 Å². The molecule has 1 unspecified atom stereocenters. The maximum atomic E-state index is 14.6. The molecular formula is C24H22F4N4O2. The van der Waals surface area contributed by atoms with Crippen molar-refractivity contribution in [3.8, 4) is 11.5 Å². The Morgan fingerprint density at radius 3 is 2.50 bits per heavy atom. The first-order valence-electron chi connectivity index (χ1n) is 10.6.